The zero-order valence-corrected chi connectivity index (χ0v) is 15.9. The highest BCUT2D eigenvalue weighted by Gasteiger charge is 2.21. The highest BCUT2D eigenvalue weighted by atomic mass is 32.2. The molecule has 8 nitrogen and oxygen atoms in total. The molecule has 0 spiro atoms. The van der Waals surface area contributed by atoms with Crippen LogP contribution in [-0.4, -0.2) is 35.6 Å². The number of carbonyl (C=O) groups is 1. The second-order valence-corrected chi connectivity index (χ2v) is 8.63. The number of nitrogens with one attached hydrogen (secondary N) is 2. The summed E-state index contributed by atoms with van der Waals surface area (Å²) in [6.45, 7) is 9.32. The van der Waals surface area contributed by atoms with Gasteiger partial charge in [-0.3, -0.25) is 9.48 Å². The molecule has 0 aliphatic heterocycles. The summed E-state index contributed by atoms with van der Waals surface area (Å²) in [6.07, 6.45) is 1.23. The van der Waals surface area contributed by atoms with Gasteiger partial charge in [0.05, 0.1) is 17.9 Å². The predicted octanol–water partition coefficient (Wildman–Crippen LogP) is 1.76. The normalized spacial score (nSPS) is 13.0. The molecule has 2 aromatic rings. The van der Waals surface area contributed by atoms with Crippen LogP contribution in [0.4, 0.5) is 5.13 Å². The van der Waals surface area contributed by atoms with Gasteiger partial charge >= 0.3 is 0 Å². The van der Waals surface area contributed by atoms with Gasteiger partial charge in [0.25, 0.3) is 10.0 Å². The second-order valence-electron chi connectivity index (χ2n) is 5.61. The lowest BCUT2D eigenvalue weighted by molar-refractivity contribution is -0.114. The molecule has 2 rings (SSSR count). The number of anilines is 1. The van der Waals surface area contributed by atoms with Crippen LogP contribution in [0.25, 0.3) is 0 Å². The van der Waals surface area contributed by atoms with E-state index in [4.69, 9.17) is 0 Å². The lowest BCUT2D eigenvalue weighted by Gasteiger charge is -2.15. The van der Waals surface area contributed by atoms with Gasteiger partial charge in [-0.25, -0.2) is 18.1 Å². The zero-order chi connectivity index (χ0) is 18.1. The quantitative estimate of drug-likeness (QED) is 0.805. The second kappa shape index (κ2) is 6.99. The number of carbonyl (C=O) groups excluding carboxylic acids is 1. The van der Waals surface area contributed by atoms with E-state index in [9.17, 15) is 13.2 Å². The van der Waals surface area contributed by atoms with Crippen molar-refractivity contribution in [2.24, 2.45) is 0 Å². The molecule has 0 saturated carbocycles. The molecular weight excluding hydrogens is 350 g/mol. The molecule has 1 amide bonds. The van der Waals surface area contributed by atoms with Gasteiger partial charge in [0.15, 0.2) is 9.34 Å². The molecule has 0 bridgehead atoms. The van der Waals surface area contributed by atoms with Crippen LogP contribution in [0.3, 0.4) is 0 Å². The molecule has 2 heterocycles. The molecular formula is C14H21N5O3S2. The Kier molecular flexibility index (Phi) is 5.41. The molecule has 132 valence electrons. The minimum absolute atomic E-state index is 0.0583. The maximum Gasteiger partial charge on any atom is 0.251 e. The summed E-state index contributed by atoms with van der Waals surface area (Å²) >= 11 is 0.909. The smallest absolute Gasteiger partial charge is 0.251 e. The van der Waals surface area contributed by atoms with E-state index in [0.29, 0.717) is 0 Å². The van der Waals surface area contributed by atoms with Crippen LogP contribution in [0.5, 0.6) is 0 Å². The van der Waals surface area contributed by atoms with Crippen LogP contribution in [0.1, 0.15) is 36.8 Å². The summed E-state index contributed by atoms with van der Waals surface area (Å²) in [7, 11) is -3.68. The molecule has 2 aromatic heterocycles. The van der Waals surface area contributed by atoms with Gasteiger partial charge in [-0.1, -0.05) is 11.3 Å². The van der Waals surface area contributed by atoms with Gasteiger partial charge < -0.3 is 5.32 Å². The van der Waals surface area contributed by atoms with Crippen LogP contribution in [0.2, 0.25) is 0 Å². The first kappa shape index (κ1) is 18.6. The molecule has 2 N–H and O–H groups in total. The van der Waals surface area contributed by atoms with Crippen LogP contribution >= 0.6 is 11.3 Å². The Hall–Kier alpha value is -1.78. The Morgan fingerprint density at radius 1 is 1.38 bits per heavy atom. The number of amides is 1. The monoisotopic (exact) mass is 371 g/mol. The van der Waals surface area contributed by atoms with Crippen molar-refractivity contribution >= 4 is 32.4 Å². The Balaban J connectivity index is 2.08. The van der Waals surface area contributed by atoms with Crippen molar-refractivity contribution in [2.75, 3.05) is 11.9 Å². The van der Waals surface area contributed by atoms with Crippen LogP contribution in [0, 0.1) is 20.8 Å². The minimum Gasteiger partial charge on any atom is -0.302 e. The maximum atomic E-state index is 12.3. The van der Waals surface area contributed by atoms with Crippen molar-refractivity contribution in [3.05, 3.63) is 23.1 Å². The minimum atomic E-state index is -3.68. The van der Waals surface area contributed by atoms with E-state index in [2.05, 4.69) is 20.1 Å². The van der Waals surface area contributed by atoms with Crippen LogP contribution in [0.15, 0.2) is 10.4 Å². The number of nitrogens with zero attached hydrogens (tertiary/aromatic N) is 3. The Morgan fingerprint density at radius 3 is 2.58 bits per heavy atom. The molecule has 0 aliphatic rings. The topological polar surface area (TPSA) is 106 Å². The van der Waals surface area contributed by atoms with Crippen molar-refractivity contribution in [1.29, 1.82) is 0 Å². The predicted molar refractivity (Wildman–Crippen MR) is 92.8 cm³/mol. The van der Waals surface area contributed by atoms with Gasteiger partial charge in [0, 0.05) is 19.2 Å². The number of rotatable bonds is 6. The summed E-state index contributed by atoms with van der Waals surface area (Å²) in [5.74, 6) is -0.297. The fraction of sp³-hybridized carbons (Fsp3) is 0.500. The Bertz CT molecular complexity index is 854. The maximum absolute atomic E-state index is 12.3. The van der Waals surface area contributed by atoms with Crippen molar-refractivity contribution in [3.8, 4) is 0 Å². The third kappa shape index (κ3) is 4.00. The lowest BCUT2D eigenvalue weighted by atomic mass is 10.2. The molecule has 0 aromatic carbocycles. The molecule has 10 heteroatoms. The van der Waals surface area contributed by atoms with E-state index in [1.54, 1.807) is 0 Å². The fourth-order valence-corrected chi connectivity index (χ4v) is 4.40. The van der Waals surface area contributed by atoms with Gasteiger partial charge in [-0.15, -0.1) is 0 Å². The highest BCUT2D eigenvalue weighted by Crippen LogP contribution is 2.23. The van der Waals surface area contributed by atoms with Crippen molar-refractivity contribution in [3.63, 3.8) is 0 Å². The lowest BCUT2D eigenvalue weighted by Crippen LogP contribution is -2.30. The average Bonchev–Trinajstić information content (AvgIpc) is 3.05. The Morgan fingerprint density at radius 2 is 2.04 bits per heavy atom. The zero-order valence-electron chi connectivity index (χ0n) is 14.2. The summed E-state index contributed by atoms with van der Waals surface area (Å²) in [5, 5.41) is 7.17. The van der Waals surface area contributed by atoms with Gasteiger partial charge in [0.1, 0.15) is 0 Å². The summed E-state index contributed by atoms with van der Waals surface area (Å²) in [4.78, 5) is 14.9. The van der Waals surface area contributed by atoms with E-state index < -0.39 is 10.0 Å². The van der Waals surface area contributed by atoms with Gasteiger partial charge in [-0.2, -0.15) is 5.10 Å². The highest BCUT2D eigenvalue weighted by molar-refractivity contribution is 7.91. The van der Waals surface area contributed by atoms with Crippen molar-refractivity contribution < 1.29 is 13.2 Å². The molecule has 1 atom stereocenters. The number of hydrogen-bond acceptors (Lipinski definition) is 6. The Labute approximate surface area is 145 Å². The number of hydrogen-bond donors (Lipinski definition) is 2. The molecule has 1 unspecified atom stereocenters. The largest absolute Gasteiger partial charge is 0.302 e. The van der Waals surface area contributed by atoms with E-state index in [0.717, 1.165) is 28.3 Å². The first-order valence-electron chi connectivity index (χ1n) is 7.37. The number of aromatic nitrogens is 3. The van der Waals surface area contributed by atoms with E-state index >= 15 is 0 Å². The SMILES string of the molecule is CC(=O)Nc1ncc(S(=O)(=O)NCC(C)n2nc(C)c(C)c2C)s1. The molecule has 0 aliphatic carbocycles. The molecule has 0 saturated heterocycles. The summed E-state index contributed by atoms with van der Waals surface area (Å²) < 4.78 is 29.1. The van der Waals surface area contributed by atoms with Crippen LogP contribution < -0.4 is 10.0 Å². The molecule has 24 heavy (non-hydrogen) atoms. The summed E-state index contributed by atoms with van der Waals surface area (Å²) in [6, 6.07) is -0.130. The fourth-order valence-electron chi connectivity index (χ4n) is 2.15. The number of thiazole rings is 1. The standard InChI is InChI=1S/C14H21N5O3S2/c1-8(19-11(4)9(2)10(3)18-19)6-16-24(21,22)13-7-15-14(23-13)17-12(5)20/h7-8,16H,6H2,1-5H3,(H,15,17,20). The van der Waals surface area contributed by atoms with Crippen molar-refractivity contribution in [2.45, 2.75) is 44.9 Å². The first-order chi connectivity index (χ1) is 11.1. The number of sulfonamides is 1. The van der Waals surface area contributed by atoms with E-state index in [1.807, 2.05) is 32.4 Å². The third-order valence-corrected chi connectivity index (χ3v) is 6.50. The first-order valence-corrected chi connectivity index (χ1v) is 9.67. The van der Waals surface area contributed by atoms with E-state index in [1.165, 1.54) is 13.1 Å². The average molecular weight is 371 g/mol. The molecule has 0 radical (unpaired) electrons. The summed E-state index contributed by atoms with van der Waals surface area (Å²) in [5.41, 5.74) is 3.06. The van der Waals surface area contributed by atoms with Crippen molar-refractivity contribution in [1.82, 2.24) is 19.5 Å². The van der Waals surface area contributed by atoms with Crippen LogP contribution in [-0.2, 0) is 14.8 Å². The van der Waals surface area contributed by atoms with Gasteiger partial charge in [0.2, 0.25) is 5.91 Å². The third-order valence-electron chi connectivity index (χ3n) is 3.71. The van der Waals surface area contributed by atoms with E-state index in [-0.39, 0.29) is 27.8 Å². The van der Waals surface area contributed by atoms with Gasteiger partial charge in [-0.05, 0) is 33.3 Å². The molecule has 0 fully saturated rings. The number of aryl methyl sites for hydroxylation is 1.